The molecule has 0 amide bonds. The maximum atomic E-state index is 12.1. The molecule has 0 saturated carbocycles. The number of alkyl halides is 1. The van der Waals surface area contributed by atoms with Gasteiger partial charge >= 0.3 is 0 Å². The van der Waals surface area contributed by atoms with Crippen LogP contribution in [0.15, 0.2) is 36.5 Å². The molecule has 0 unspecified atom stereocenters. The van der Waals surface area contributed by atoms with E-state index >= 15 is 0 Å². The Morgan fingerprint density at radius 2 is 2.08 bits per heavy atom. The maximum Gasteiger partial charge on any atom is 0.0935 e. The van der Waals surface area contributed by atoms with E-state index in [1.807, 2.05) is 30.3 Å². The molecule has 0 spiro atoms. The molecule has 0 aliphatic carbocycles. The summed E-state index contributed by atoms with van der Waals surface area (Å²) >= 11 is 0. The van der Waals surface area contributed by atoms with E-state index < -0.39 is 0 Å². The van der Waals surface area contributed by atoms with E-state index in [4.69, 9.17) is 0 Å². The lowest BCUT2D eigenvalue weighted by molar-refractivity contribution is 0.495. The SMILES string of the molecule is FCCc1cnc2ccccc2c1. The fourth-order valence-electron chi connectivity index (χ4n) is 1.36. The quantitative estimate of drug-likeness (QED) is 0.683. The van der Waals surface area contributed by atoms with Crippen molar-refractivity contribution < 1.29 is 4.39 Å². The Morgan fingerprint density at radius 3 is 2.92 bits per heavy atom. The predicted octanol–water partition coefficient (Wildman–Crippen LogP) is 2.75. The highest BCUT2D eigenvalue weighted by Crippen LogP contribution is 2.12. The lowest BCUT2D eigenvalue weighted by Crippen LogP contribution is -1.88. The summed E-state index contributed by atoms with van der Waals surface area (Å²) in [6.07, 6.45) is 2.19. The zero-order valence-electron chi connectivity index (χ0n) is 7.20. The van der Waals surface area contributed by atoms with Gasteiger partial charge in [0.25, 0.3) is 0 Å². The normalized spacial score (nSPS) is 10.5. The average Bonchev–Trinajstić information content (AvgIpc) is 2.18. The molecule has 0 N–H and O–H groups in total. The fourth-order valence-corrected chi connectivity index (χ4v) is 1.36. The van der Waals surface area contributed by atoms with Gasteiger partial charge in [-0.2, -0.15) is 0 Å². The molecule has 2 rings (SSSR count). The first-order valence-electron chi connectivity index (χ1n) is 4.30. The summed E-state index contributed by atoms with van der Waals surface area (Å²) in [5, 5.41) is 1.08. The van der Waals surface area contributed by atoms with Gasteiger partial charge < -0.3 is 0 Å². The van der Waals surface area contributed by atoms with Gasteiger partial charge in [-0.1, -0.05) is 18.2 Å². The maximum absolute atomic E-state index is 12.1. The molecule has 0 aliphatic rings. The van der Waals surface area contributed by atoms with E-state index in [1.165, 1.54) is 0 Å². The average molecular weight is 175 g/mol. The minimum atomic E-state index is -0.319. The van der Waals surface area contributed by atoms with Crippen molar-refractivity contribution in [1.82, 2.24) is 4.98 Å². The summed E-state index contributed by atoms with van der Waals surface area (Å²) in [5.41, 5.74) is 1.92. The van der Waals surface area contributed by atoms with Crippen molar-refractivity contribution >= 4 is 10.9 Å². The van der Waals surface area contributed by atoms with Crippen LogP contribution in [0.1, 0.15) is 5.56 Å². The van der Waals surface area contributed by atoms with Crippen LogP contribution >= 0.6 is 0 Å². The monoisotopic (exact) mass is 175 g/mol. The number of benzene rings is 1. The third kappa shape index (κ3) is 1.66. The molecule has 2 aromatic rings. The van der Waals surface area contributed by atoms with Crippen LogP contribution in [-0.2, 0) is 6.42 Å². The lowest BCUT2D eigenvalue weighted by Gasteiger charge is -1.99. The van der Waals surface area contributed by atoms with Crippen LogP contribution in [0.4, 0.5) is 4.39 Å². The number of nitrogens with zero attached hydrogens (tertiary/aromatic N) is 1. The predicted molar refractivity (Wildman–Crippen MR) is 51.4 cm³/mol. The number of fused-ring (bicyclic) bond motifs is 1. The Morgan fingerprint density at radius 1 is 1.23 bits per heavy atom. The molecule has 1 heterocycles. The van der Waals surface area contributed by atoms with Crippen LogP contribution in [0.5, 0.6) is 0 Å². The highest BCUT2D eigenvalue weighted by molar-refractivity contribution is 5.78. The molecule has 1 aromatic heterocycles. The van der Waals surface area contributed by atoms with Gasteiger partial charge in [-0.25, -0.2) is 0 Å². The van der Waals surface area contributed by atoms with E-state index in [-0.39, 0.29) is 6.67 Å². The van der Waals surface area contributed by atoms with E-state index in [0.29, 0.717) is 6.42 Å². The Labute approximate surface area is 76.2 Å². The Hall–Kier alpha value is -1.44. The summed E-state index contributed by atoms with van der Waals surface area (Å²) in [6.45, 7) is -0.319. The molecule has 0 atom stereocenters. The van der Waals surface area contributed by atoms with Crippen molar-refractivity contribution in [3.05, 3.63) is 42.1 Å². The van der Waals surface area contributed by atoms with Crippen molar-refractivity contribution in [3.63, 3.8) is 0 Å². The van der Waals surface area contributed by atoms with Crippen LogP contribution in [0.2, 0.25) is 0 Å². The van der Waals surface area contributed by atoms with Gasteiger partial charge in [0.15, 0.2) is 0 Å². The molecule has 0 fully saturated rings. The third-order valence-electron chi connectivity index (χ3n) is 2.03. The van der Waals surface area contributed by atoms with Crippen LogP contribution in [0.25, 0.3) is 10.9 Å². The van der Waals surface area contributed by atoms with Crippen molar-refractivity contribution in [1.29, 1.82) is 0 Å². The zero-order chi connectivity index (χ0) is 9.10. The van der Waals surface area contributed by atoms with E-state index in [2.05, 4.69) is 4.98 Å². The van der Waals surface area contributed by atoms with E-state index in [1.54, 1.807) is 6.20 Å². The number of halogens is 1. The van der Waals surface area contributed by atoms with Crippen LogP contribution in [0.3, 0.4) is 0 Å². The minimum absolute atomic E-state index is 0.319. The second kappa shape index (κ2) is 3.52. The van der Waals surface area contributed by atoms with Gasteiger partial charge in [-0.05, 0) is 17.7 Å². The first-order chi connectivity index (χ1) is 6.40. The second-order valence-corrected chi connectivity index (χ2v) is 2.98. The first kappa shape index (κ1) is 8.17. The highest BCUT2D eigenvalue weighted by Gasteiger charge is 1.96. The number of aryl methyl sites for hydroxylation is 1. The molecule has 0 radical (unpaired) electrons. The number of pyridine rings is 1. The molecule has 2 heteroatoms. The molecule has 0 aliphatic heterocycles. The van der Waals surface area contributed by atoms with Gasteiger partial charge in [-0.15, -0.1) is 0 Å². The first-order valence-corrected chi connectivity index (χ1v) is 4.30. The number of aromatic nitrogens is 1. The molecular weight excluding hydrogens is 165 g/mol. The largest absolute Gasteiger partial charge is 0.256 e. The van der Waals surface area contributed by atoms with Gasteiger partial charge in [0, 0.05) is 18.0 Å². The van der Waals surface area contributed by atoms with Crippen molar-refractivity contribution in [2.24, 2.45) is 0 Å². The summed E-state index contributed by atoms with van der Waals surface area (Å²) in [6, 6.07) is 9.84. The van der Waals surface area contributed by atoms with E-state index in [0.717, 1.165) is 16.5 Å². The van der Waals surface area contributed by atoms with Gasteiger partial charge in [0.1, 0.15) is 0 Å². The number of hydrogen-bond donors (Lipinski definition) is 0. The van der Waals surface area contributed by atoms with Crippen molar-refractivity contribution in [2.75, 3.05) is 6.67 Å². The summed E-state index contributed by atoms with van der Waals surface area (Å²) in [5.74, 6) is 0. The van der Waals surface area contributed by atoms with Crippen LogP contribution in [-0.4, -0.2) is 11.7 Å². The Kier molecular flexibility index (Phi) is 2.21. The van der Waals surface area contributed by atoms with E-state index in [9.17, 15) is 4.39 Å². The highest BCUT2D eigenvalue weighted by atomic mass is 19.1. The molecule has 1 nitrogen and oxygen atoms in total. The summed E-state index contributed by atoms with van der Waals surface area (Å²) in [7, 11) is 0. The summed E-state index contributed by atoms with van der Waals surface area (Å²) < 4.78 is 12.1. The molecule has 66 valence electrons. The standard InChI is InChI=1S/C11H10FN/c12-6-5-9-7-10-3-1-2-4-11(10)13-8-9/h1-4,7-8H,5-6H2. The topological polar surface area (TPSA) is 12.9 Å². The molecule has 0 bridgehead atoms. The third-order valence-corrected chi connectivity index (χ3v) is 2.03. The molecule has 1 aromatic carbocycles. The van der Waals surface area contributed by atoms with Crippen LogP contribution < -0.4 is 0 Å². The minimum Gasteiger partial charge on any atom is -0.256 e. The van der Waals surface area contributed by atoms with Gasteiger partial charge in [-0.3, -0.25) is 9.37 Å². The Bertz CT molecular complexity index is 412. The van der Waals surface area contributed by atoms with Crippen molar-refractivity contribution in [3.8, 4) is 0 Å². The number of hydrogen-bond acceptors (Lipinski definition) is 1. The zero-order valence-corrected chi connectivity index (χ0v) is 7.20. The fraction of sp³-hybridized carbons (Fsp3) is 0.182. The molecular formula is C11H10FN. The Balaban J connectivity index is 2.49. The number of rotatable bonds is 2. The molecule has 0 saturated heterocycles. The van der Waals surface area contributed by atoms with Gasteiger partial charge in [0.2, 0.25) is 0 Å². The van der Waals surface area contributed by atoms with Crippen molar-refractivity contribution in [2.45, 2.75) is 6.42 Å². The second-order valence-electron chi connectivity index (χ2n) is 2.98. The number of para-hydroxylation sites is 1. The summed E-state index contributed by atoms with van der Waals surface area (Å²) in [4.78, 5) is 4.23. The smallest absolute Gasteiger partial charge is 0.0935 e. The van der Waals surface area contributed by atoms with Gasteiger partial charge in [0.05, 0.1) is 12.2 Å². The lowest BCUT2D eigenvalue weighted by atomic mass is 10.1. The van der Waals surface area contributed by atoms with Crippen LogP contribution in [0, 0.1) is 0 Å². The molecule has 13 heavy (non-hydrogen) atoms.